The van der Waals surface area contributed by atoms with Crippen molar-refractivity contribution in [3.8, 4) is 0 Å². The molecule has 0 aliphatic heterocycles. The van der Waals surface area contributed by atoms with Gasteiger partial charge in [-0.2, -0.15) is 0 Å². The van der Waals surface area contributed by atoms with Gasteiger partial charge in [0.1, 0.15) is 0 Å². The maximum Gasteiger partial charge on any atom is 0.404 e. The monoisotopic (exact) mass is 273 g/mol. The summed E-state index contributed by atoms with van der Waals surface area (Å²) in [6.07, 6.45) is -1.23. The van der Waals surface area contributed by atoms with Crippen LogP contribution in [0, 0.1) is 0 Å². The second-order valence-electron chi connectivity index (χ2n) is 3.50. The zero-order chi connectivity index (χ0) is 13.6. The van der Waals surface area contributed by atoms with E-state index in [1.54, 1.807) is 18.2 Å². The maximum absolute atomic E-state index is 12.5. The second-order valence-corrected chi connectivity index (χ2v) is 5.49. The van der Waals surface area contributed by atoms with Gasteiger partial charge in [0.25, 0.3) is 0 Å². The van der Waals surface area contributed by atoms with E-state index in [0.717, 1.165) is 0 Å². The molecule has 1 aromatic rings. The Hall–Kier alpha value is -1.89. The molecule has 7 heteroatoms. The highest BCUT2D eigenvalue weighted by atomic mass is 32.2. The van der Waals surface area contributed by atoms with Crippen molar-refractivity contribution < 1.29 is 22.7 Å². The summed E-state index contributed by atoms with van der Waals surface area (Å²) in [5.41, 5.74) is -0.152. The number of hydrogen-bond acceptors (Lipinski definition) is 3. The normalized spacial score (nSPS) is 12.2. The molecule has 2 N–H and O–H groups in total. The molecule has 1 amide bonds. The van der Waals surface area contributed by atoms with Gasteiger partial charge in [-0.05, 0) is 17.7 Å². The molecule has 98 valence electrons. The lowest BCUT2D eigenvalue weighted by atomic mass is 10.3. The minimum atomic E-state index is -3.66. The fourth-order valence-electron chi connectivity index (χ4n) is 1.27. The van der Waals surface area contributed by atoms with E-state index in [-0.39, 0.29) is 23.3 Å². The number of benzene rings is 1. The Labute approximate surface area is 104 Å². The Bertz CT molecular complexity index is 539. The highest BCUT2D eigenvalue weighted by molar-refractivity contribution is 7.91. The van der Waals surface area contributed by atoms with Gasteiger partial charge in [-0.15, -0.1) is 0 Å². The minimum Gasteiger partial charge on any atom is -0.465 e. The van der Waals surface area contributed by atoms with E-state index in [2.05, 4.69) is 0 Å². The molecule has 0 aliphatic carbocycles. The third-order valence-corrected chi connectivity index (χ3v) is 3.84. The van der Waals surface area contributed by atoms with Gasteiger partial charge in [0.15, 0.2) is 9.84 Å². The molecule has 0 radical (unpaired) electrons. The first-order chi connectivity index (χ1) is 8.45. The van der Waals surface area contributed by atoms with E-state index in [4.69, 9.17) is 5.11 Å². The summed E-state index contributed by atoms with van der Waals surface area (Å²) in [5, 5.41) is 10.3. The molecule has 0 aliphatic rings. The highest BCUT2D eigenvalue weighted by Gasteiger charge is 2.16. The predicted molar refractivity (Wildman–Crippen MR) is 63.7 cm³/mol. The van der Waals surface area contributed by atoms with Gasteiger partial charge in [0, 0.05) is 6.54 Å². The van der Waals surface area contributed by atoms with Crippen LogP contribution in [0.2, 0.25) is 0 Å². The van der Waals surface area contributed by atoms with Crippen molar-refractivity contribution in [2.24, 2.45) is 0 Å². The van der Waals surface area contributed by atoms with Crippen molar-refractivity contribution in [3.63, 3.8) is 0 Å². The zero-order valence-corrected chi connectivity index (χ0v) is 10.2. The van der Waals surface area contributed by atoms with E-state index in [9.17, 15) is 17.6 Å². The Morgan fingerprint density at radius 1 is 1.33 bits per heavy atom. The van der Waals surface area contributed by atoms with E-state index in [0.29, 0.717) is 0 Å². The molecule has 0 aromatic heterocycles. The average molecular weight is 273 g/mol. The summed E-state index contributed by atoms with van der Waals surface area (Å²) in [7, 11) is -3.66. The van der Waals surface area contributed by atoms with Gasteiger partial charge in [0.05, 0.1) is 17.0 Å². The number of hydrogen-bond donors (Lipinski definition) is 2. The third kappa shape index (κ3) is 4.17. The lowest BCUT2D eigenvalue weighted by Gasteiger charge is -2.07. The van der Waals surface area contributed by atoms with Crippen molar-refractivity contribution in [1.29, 1.82) is 0 Å². The van der Waals surface area contributed by atoms with Gasteiger partial charge in [0.2, 0.25) is 0 Å². The molecule has 0 saturated heterocycles. The van der Waals surface area contributed by atoms with Gasteiger partial charge in [-0.1, -0.05) is 18.2 Å². The summed E-state index contributed by atoms with van der Waals surface area (Å²) in [4.78, 5) is 10.3. The van der Waals surface area contributed by atoms with Gasteiger partial charge >= 0.3 is 6.09 Å². The van der Waals surface area contributed by atoms with Crippen LogP contribution >= 0.6 is 0 Å². The number of carboxylic acid groups (broad SMARTS) is 1. The van der Waals surface area contributed by atoms with Crippen LogP contribution in [0.3, 0.4) is 0 Å². The Morgan fingerprint density at radius 2 is 1.94 bits per heavy atom. The highest BCUT2D eigenvalue weighted by Crippen LogP contribution is 2.13. The average Bonchev–Trinajstić information content (AvgIpc) is 2.35. The number of nitrogens with one attached hydrogen (secondary N) is 1. The number of carbonyl (C=O) groups is 1. The quantitative estimate of drug-likeness (QED) is 0.853. The molecule has 1 rings (SSSR count). The fraction of sp³-hybridized carbons (Fsp3) is 0.182. The van der Waals surface area contributed by atoms with E-state index in [1.807, 2.05) is 5.32 Å². The molecular formula is C11H12FNO4S. The summed E-state index contributed by atoms with van der Waals surface area (Å²) in [5.74, 6) is -0.562. The molecule has 0 atom stereocenters. The van der Waals surface area contributed by atoms with Crippen LogP contribution in [-0.4, -0.2) is 31.9 Å². The molecule has 5 nitrogen and oxygen atoms in total. The number of halogens is 1. The summed E-state index contributed by atoms with van der Waals surface area (Å²) in [6.45, 7) is -0.363. The van der Waals surface area contributed by atoms with Gasteiger partial charge < -0.3 is 10.4 Å². The van der Waals surface area contributed by atoms with Crippen LogP contribution < -0.4 is 5.32 Å². The molecule has 0 fully saturated rings. The van der Waals surface area contributed by atoms with Crippen LogP contribution in [0.25, 0.3) is 0 Å². The Morgan fingerprint density at radius 3 is 2.44 bits per heavy atom. The fourth-order valence-corrected chi connectivity index (χ4v) is 2.66. The van der Waals surface area contributed by atoms with E-state index < -0.39 is 21.7 Å². The SMILES string of the molecule is O=C(O)NC/C(=C\F)CS(=O)(=O)c1ccccc1. The number of amides is 1. The Kier molecular flexibility index (Phi) is 4.85. The van der Waals surface area contributed by atoms with Gasteiger partial charge in [-0.3, -0.25) is 0 Å². The van der Waals surface area contributed by atoms with E-state index >= 15 is 0 Å². The Balaban J connectivity index is 2.79. The van der Waals surface area contributed by atoms with Crippen LogP contribution in [0.5, 0.6) is 0 Å². The topological polar surface area (TPSA) is 83.5 Å². The van der Waals surface area contributed by atoms with Crippen LogP contribution in [0.15, 0.2) is 47.1 Å². The lowest BCUT2D eigenvalue weighted by molar-refractivity contribution is 0.195. The van der Waals surface area contributed by atoms with Crippen molar-refractivity contribution in [2.75, 3.05) is 12.3 Å². The molecule has 18 heavy (non-hydrogen) atoms. The smallest absolute Gasteiger partial charge is 0.404 e. The van der Waals surface area contributed by atoms with E-state index in [1.165, 1.54) is 12.1 Å². The third-order valence-electron chi connectivity index (χ3n) is 2.10. The standard InChI is InChI=1S/C11H12FNO4S/c12-6-9(7-13-11(14)15)8-18(16,17)10-4-2-1-3-5-10/h1-6,13H,7-8H2,(H,14,15)/b9-6+. The van der Waals surface area contributed by atoms with Crippen molar-refractivity contribution in [1.82, 2.24) is 5.32 Å². The van der Waals surface area contributed by atoms with Gasteiger partial charge in [-0.25, -0.2) is 17.6 Å². The molecule has 0 bridgehead atoms. The molecular weight excluding hydrogens is 261 g/mol. The molecule has 0 saturated carbocycles. The lowest BCUT2D eigenvalue weighted by Crippen LogP contribution is -2.25. The molecule has 0 heterocycles. The zero-order valence-electron chi connectivity index (χ0n) is 9.34. The molecule has 0 unspecified atom stereocenters. The predicted octanol–water partition coefficient (Wildman–Crippen LogP) is 1.58. The second kappa shape index (κ2) is 6.15. The van der Waals surface area contributed by atoms with Crippen molar-refractivity contribution >= 4 is 15.9 Å². The maximum atomic E-state index is 12.5. The van der Waals surface area contributed by atoms with Crippen LogP contribution in [0.1, 0.15) is 0 Å². The molecule has 1 aromatic carbocycles. The number of rotatable bonds is 5. The summed E-state index contributed by atoms with van der Waals surface area (Å²) < 4.78 is 36.2. The first-order valence-corrected chi connectivity index (χ1v) is 6.63. The first kappa shape index (κ1) is 14.2. The molecule has 0 spiro atoms. The van der Waals surface area contributed by atoms with Crippen molar-refractivity contribution in [3.05, 3.63) is 42.2 Å². The summed E-state index contributed by atoms with van der Waals surface area (Å²) >= 11 is 0. The van der Waals surface area contributed by atoms with Crippen molar-refractivity contribution in [2.45, 2.75) is 4.90 Å². The van der Waals surface area contributed by atoms with Crippen LogP contribution in [-0.2, 0) is 9.84 Å². The summed E-state index contributed by atoms with van der Waals surface area (Å²) in [6, 6.07) is 7.57. The van der Waals surface area contributed by atoms with Crippen LogP contribution in [0.4, 0.5) is 9.18 Å². The minimum absolute atomic E-state index is 0.0691. The largest absolute Gasteiger partial charge is 0.465 e. The number of sulfone groups is 1. The first-order valence-electron chi connectivity index (χ1n) is 4.98.